The molecule has 26 heavy (non-hydrogen) atoms. The van der Waals surface area contributed by atoms with Crippen LogP contribution < -0.4 is 4.31 Å². The van der Waals surface area contributed by atoms with Gasteiger partial charge >= 0.3 is 5.97 Å². The number of rotatable bonds is 6. The SMILES string of the molecule is Cc1ccc(Cl)cc1N(CC(=O)O)S(=O)(=O)c1cc([N+](=O)[O-])ccc1C. The van der Waals surface area contributed by atoms with Crippen LogP contribution in [-0.4, -0.2) is 31.0 Å². The molecule has 0 unspecified atom stereocenters. The van der Waals surface area contributed by atoms with Crippen LogP contribution in [-0.2, 0) is 14.8 Å². The number of nitro groups is 1. The predicted molar refractivity (Wildman–Crippen MR) is 96.2 cm³/mol. The zero-order chi connectivity index (χ0) is 19.6. The van der Waals surface area contributed by atoms with Gasteiger partial charge in [-0.3, -0.25) is 19.2 Å². The molecule has 0 heterocycles. The van der Waals surface area contributed by atoms with E-state index in [0.29, 0.717) is 9.87 Å². The number of aliphatic carboxylic acids is 1. The van der Waals surface area contributed by atoms with E-state index in [0.717, 1.165) is 6.07 Å². The van der Waals surface area contributed by atoms with Crippen LogP contribution in [0.4, 0.5) is 11.4 Å². The van der Waals surface area contributed by atoms with Gasteiger partial charge in [0.2, 0.25) is 0 Å². The molecule has 0 aromatic heterocycles. The number of carboxylic acid groups (broad SMARTS) is 1. The second kappa shape index (κ2) is 7.30. The van der Waals surface area contributed by atoms with E-state index in [2.05, 4.69) is 0 Å². The summed E-state index contributed by atoms with van der Waals surface area (Å²) in [4.78, 5) is 21.2. The Labute approximate surface area is 154 Å². The normalized spacial score (nSPS) is 11.2. The first kappa shape index (κ1) is 19.7. The van der Waals surface area contributed by atoms with Gasteiger partial charge in [0, 0.05) is 17.2 Å². The van der Waals surface area contributed by atoms with E-state index in [4.69, 9.17) is 11.6 Å². The van der Waals surface area contributed by atoms with E-state index in [1.807, 2.05) is 0 Å². The Hall–Kier alpha value is -2.65. The molecule has 0 saturated carbocycles. The lowest BCUT2D eigenvalue weighted by molar-refractivity contribution is -0.385. The van der Waals surface area contributed by atoms with Crippen molar-refractivity contribution in [2.45, 2.75) is 18.7 Å². The van der Waals surface area contributed by atoms with Gasteiger partial charge in [-0.2, -0.15) is 0 Å². The van der Waals surface area contributed by atoms with Crippen molar-refractivity contribution < 1.29 is 23.2 Å². The summed E-state index contributed by atoms with van der Waals surface area (Å²) in [5, 5.41) is 20.4. The van der Waals surface area contributed by atoms with Gasteiger partial charge in [0.1, 0.15) is 6.54 Å². The molecule has 2 aromatic carbocycles. The lowest BCUT2D eigenvalue weighted by atomic mass is 10.2. The monoisotopic (exact) mass is 398 g/mol. The van der Waals surface area contributed by atoms with Crippen molar-refractivity contribution in [2.75, 3.05) is 10.8 Å². The van der Waals surface area contributed by atoms with Crippen molar-refractivity contribution in [3.63, 3.8) is 0 Å². The molecule has 0 bridgehead atoms. The number of nitro benzene ring substituents is 1. The van der Waals surface area contributed by atoms with Crippen LogP contribution in [0.15, 0.2) is 41.3 Å². The largest absolute Gasteiger partial charge is 0.480 e. The van der Waals surface area contributed by atoms with Gasteiger partial charge in [-0.15, -0.1) is 0 Å². The first-order valence-corrected chi connectivity index (χ1v) is 9.11. The molecule has 2 aromatic rings. The van der Waals surface area contributed by atoms with Gasteiger partial charge in [0.05, 0.1) is 15.5 Å². The highest BCUT2D eigenvalue weighted by Crippen LogP contribution is 2.31. The second-order valence-electron chi connectivity index (χ2n) is 5.54. The van der Waals surface area contributed by atoms with Gasteiger partial charge in [0.15, 0.2) is 0 Å². The molecule has 0 aliphatic rings. The Balaban J connectivity index is 2.71. The van der Waals surface area contributed by atoms with Gasteiger partial charge in [-0.1, -0.05) is 23.7 Å². The fraction of sp³-hybridized carbons (Fsp3) is 0.188. The maximum Gasteiger partial charge on any atom is 0.324 e. The highest BCUT2D eigenvalue weighted by atomic mass is 35.5. The summed E-state index contributed by atoms with van der Waals surface area (Å²) in [6.07, 6.45) is 0. The summed E-state index contributed by atoms with van der Waals surface area (Å²) in [6.45, 7) is 2.22. The van der Waals surface area contributed by atoms with E-state index in [9.17, 15) is 28.4 Å². The third-order valence-electron chi connectivity index (χ3n) is 3.67. The second-order valence-corrected chi connectivity index (χ2v) is 7.81. The summed E-state index contributed by atoms with van der Waals surface area (Å²) in [6, 6.07) is 7.84. The molecule has 0 aliphatic heterocycles. The van der Waals surface area contributed by atoms with Crippen molar-refractivity contribution in [3.8, 4) is 0 Å². The van der Waals surface area contributed by atoms with Crippen LogP contribution >= 0.6 is 11.6 Å². The highest BCUT2D eigenvalue weighted by Gasteiger charge is 2.31. The van der Waals surface area contributed by atoms with Crippen molar-refractivity contribution in [2.24, 2.45) is 0 Å². The average Bonchev–Trinajstić information content (AvgIpc) is 2.54. The number of benzene rings is 2. The third-order valence-corrected chi connectivity index (χ3v) is 5.81. The first-order valence-electron chi connectivity index (χ1n) is 7.29. The Morgan fingerprint density at radius 3 is 2.38 bits per heavy atom. The topological polar surface area (TPSA) is 118 Å². The van der Waals surface area contributed by atoms with Gasteiger partial charge in [-0.05, 0) is 37.1 Å². The van der Waals surface area contributed by atoms with Crippen molar-refractivity contribution in [1.82, 2.24) is 0 Å². The number of halogens is 1. The summed E-state index contributed by atoms with van der Waals surface area (Å²) in [5.41, 5.74) is 0.422. The molecule has 8 nitrogen and oxygen atoms in total. The van der Waals surface area contributed by atoms with Crippen LogP contribution in [0.1, 0.15) is 11.1 Å². The standard InChI is InChI=1S/C16H15ClN2O6S/c1-10-3-5-12(17)7-14(10)18(9-16(20)21)26(24,25)15-8-13(19(22)23)6-4-11(15)2/h3-8H,9H2,1-2H3,(H,20,21). The molecule has 10 heteroatoms. The molecule has 2 rings (SSSR count). The minimum absolute atomic E-state index is 0.0887. The number of hydrogen-bond acceptors (Lipinski definition) is 5. The Morgan fingerprint density at radius 1 is 1.19 bits per heavy atom. The highest BCUT2D eigenvalue weighted by molar-refractivity contribution is 7.93. The van der Waals surface area contributed by atoms with Gasteiger partial charge in [0.25, 0.3) is 15.7 Å². The lowest BCUT2D eigenvalue weighted by Crippen LogP contribution is -2.36. The molecule has 0 atom stereocenters. The molecule has 0 aliphatic carbocycles. The molecular weight excluding hydrogens is 384 g/mol. The molecule has 0 saturated heterocycles. The van der Waals surface area contributed by atoms with Gasteiger partial charge in [-0.25, -0.2) is 8.42 Å². The number of carboxylic acids is 1. The lowest BCUT2D eigenvalue weighted by Gasteiger charge is -2.25. The minimum Gasteiger partial charge on any atom is -0.480 e. The zero-order valence-electron chi connectivity index (χ0n) is 13.8. The predicted octanol–water partition coefficient (Wildman–Crippen LogP) is 3.14. The van der Waals surface area contributed by atoms with Crippen molar-refractivity contribution in [1.29, 1.82) is 0 Å². The summed E-state index contributed by atoms with van der Waals surface area (Å²) < 4.78 is 26.9. The van der Waals surface area contributed by atoms with Crippen LogP contribution in [0.25, 0.3) is 0 Å². The number of aryl methyl sites for hydroxylation is 2. The fourth-order valence-corrected chi connectivity index (χ4v) is 4.26. The minimum atomic E-state index is -4.39. The summed E-state index contributed by atoms with van der Waals surface area (Å²) >= 11 is 5.93. The van der Waals surface area contributed by atoms with E-state index in [1.165, 1.54) is 25.1 Å². The Bertz CT molecular complexity index is 990. The van der Waals surface area contributed by atoms with Crippen molar-refractivity contribution in [3.05, 3.63) is 62.7 Å². The van der Waals surface area contributed by atoms with Crippen LogP contribution in [0.3, 0.4) is 0 Å². The van der Waals surface area contributed by atoms with E-state index < -0.39 is 33.1 Å². The quantitative estimate of drug-likeness (QED) is 0.589. The maximum absolute atomic E-state index is 13.1. The number of nitrogens with zero attached hydrogens (tertiary/aromatic N) is 2. The molecule has 0 amide bonds. The molecule has 0 spiro atoms. The molecule has 1 N–H and O–H groups in total. The molecular formula is C16H15ClN2O6S. The molecule has 0 fully saturated rings. The number of non-ortho nitro benzene ring substituents is 1. The summed E-state index contributed by atoms with van der Waals surface area (Å²) in [7, 11) is -4.39. The zero-order valence-corrected chi connectivity index (χ0v) is 15.4. The van der Waals surface area contributed by atoms with E-state index in [1.54, 1.807) is 19.1 Å². The van der Waals surface area contributed by atoms with Crippen LogP contribution in [0.5, 0.6) is 0 Å². The first-order chi connectivity index (χ1) is 12.0. The smallest absolute Gasteiger partial charge is 0.324 e. The van der Waals surface area contributed by atoms with Crippen LogP contribution in [0, 0.1) is 24.0 Å². The van der Waals surface area contributed by atoms with Crippen molar-refractivity contribution >= 4 is 39.0 Å². The van der Waals surface area contributed by atoms with Crippen LogP contribution in [0.2, 0.25) is 5.02 Å². The Kier molecular flexibility index (Phi) is 5.53. The van der Waals surface area contributed by atoms with E-state index >= 15 is 0 Å². The van der Waals surface area contributed by atoms with E-state index in [-0.39, 0.29) is 21.2 Å². The molecule has 0 radical (unpaired) electrons. The summed E-state index contributed by atoms with van der Waals surface area (Å²) in [5.74, 6) is -1.38. The number of sulfonamides is 1. The number of hydrogen-bond donors (Lipinski definition) is 1. The number of anilines is 1. The third kappa shape index (κ3) is 3.94. The maximum atomic E-state index is 13.1. The number of carbonyl (C=O) groups is 1. The Morgan fingerprint density at radius 2 is 1.81 bits per heavy atom. The molecule has 138 valence electrons. The average molecular weight is 399 g/mol. The van der Waals surface area contributed by atoms with Gasteiger partial charge < -0.3 is 5.11 Å². The fourth-order valence-electron chi connectivity index (χ4n) is 2.37.